The smallest absolute Gasteiger partial charge is 0.329 e. The van der Waals surface area contributed by atoms with Crippen molar-refractivity contribution in [2.24, 2.45) is 0 Å². The molecule has 0 saturated heterocycles. The number of nitrogens with zero attached hydrogens (tertiary/aromatic N) is 2. The molecule has 33 heavy (non-hydrogen) atoms. The number of hydrogen-bond acceptors (Lipinski definition) is 5. The zero-order valence-electron chi connectivity index (χ0n) is 19.9. The Hall–Kier alpha value is -3.26. The van der Waals surface area contributed by atoms with Gasteiger partial charge in [0.2, 0.25) is 0 Å². The van der Waals surface area contributed by atoms with E-state index in [0.717, 1.165) is 11.1 Å². The number of pyridine rings is 1. The Morgan fingerprint density at radius 1 is 1.15 bits per heavy atom. The van der Waals surface area contributed by atoms with Gasteiger partial charge in [-0.05, 0) is 43.4 Å². The molecule has 2 N–H and O–H groups in total. The Balaban J connectivity index is 2.02. The molecule has 0 saturated carbocycles. The van der Waals surface area contributed by atoms with Gasteiger partial charge in [0, 0.05) is 18.8 Å². The first-order valence-corrected chi connectivity index (χ1v) is 11.4. The van der Waals surface area contributed by atoms with Gasteiger partial charge in [0.05, 0.1) is 23.7 Å². The van der Waals surface area contributed by atoms with E-state index in [1.54, 1.807) is 6.07 Å². The number of aromatic amines is 1. The summed E-state index contributed by atoms with van der Waals surface area (Å²) in [7, 11) is 0. The van der Waals surface area contributed by atoms with E-state index < -0.39 is 17.2 Å². The van der Waals surface area contributed by atoms with Crippen LogP contribution in [-0.2, 0) is 24.4 Å². The lowest BCUT2D eigenvalue weighted by atomic mass is 10.0. The second-order valence-electron chi connectivity index (χ2n) is 8.67. The number of amides is 1. The number of ether oxygens (including phenoxy) is 1. The molecule has 0 aliphatic carbocycles. The normalized spacial score (nSPS) is 11.5. The van der Waals surface area contributed by atoms with E-state index >= 15 is 0 Å². The number of aromatic nitrogens is 3. The zero-order valence-corrected chi connectivity index (χ0v) is 19.9. The van der Waals surface area contributed by atoms with Crippen molar-refractivity contribution in [2.45, 2.75) is 72.8 Å². The van der Waals surface area contributed by atoms with E-state index in [4.69, 9.17) is 4.74 Å². The molecular formula is C25H32N4O4. The summed E-state index contributed by atoms with van der Waals surface area (Å²) in [5.74, 6) is -0.379. The summed E-state index contributed by atoms with van der Waals surface area (Å²) in [6, 6.07) is 9.40. The van der Waals surface area contributed by atoms with Crippen LogP contribution >= 0.6 is 0 Å². The van der Waals surface area contributed by atoms with Crippen LogP contribution in [0, 0.1) is 0 Å². The molecule has 2 heterocycles. The van der Waals surface area contributed by atoms with Crippen molar-refractivity contribution in [3.05, 3.63) is 73.6 Å². The summed E-state index contributed by atoms with van der Waals surface area (Å²) >= 11 is 0. The molecule has 1 amide bonds. The summed E-state index contributed by atoms with van der Waals surface area (Å²) in [6.45, 7) is 10.9. The van der Waals surface area contributed by atoms with Crippen LogP contribution in [0.3, 0.4) is 0 Å². The maximum absolute atomic E-state index is 13.3. The Kier molecular flexibility index (Phi) is 7.81. The number of H-pyrrole nitrogens is 1. The number of carbonyl (C=O) groups is 1. The molecule has 8 heteroatoms. The van der Waals surface area contributed by atoms with E-state index in [0.29, 0.717) is 25.3 Å². The third-order valence-electron chi connectivity index (χ3n) is 5.38. The van der Waals surface area contributed by atoms with E-state index in [2.05, 4.69) is 15.3 Å². The van der Waals surface area contributed by atoms with Gasteiger partial charge in [-0.3, -0.25) is 19.1 Å². The first kappa shape index (κ1) is 24.4. The van der Waals surface area contributed by atoms with Gasteiger partial charge in [-0.15, -0.1) is 0 Å². The molecule has 0 atom stereocenters. The molecule has 8 nitrogen and oxygen atoms in total. The first-order valence-electron chi connectivity index (χ1n) is 11.4. The quantitative estimate of drug-likeness (QED) is 0.517. The third kappa shape index (κ3) is 5.57. The molecule has 1 aromatic carbocycles. The fourth-order valence-corrected chi connectivity index (χ4v) is 3.60. The molecule has 0 radical (unpaired) electrons. The van der Waals surface area contributed by atoms with Crippen molar-refractivity contribution in [2.75, 3.05) is 0 Å². The molecule has 0 fully saturated rings. The molecule has 176 valence electrons. The Bertz CT molecular complexity index is 1260. The van der Waals surface area contributed by atoms with Crippen LogP contribution in [0.2, 0.25) is 0 Å². The highest BCUT2D eigenvalue weighted by molar-refractivity contribution is 6.05. The van der Waals surface area contributed by atoms with Crippen LogP contribution in [0.4, 0.5) is 0 Å². The zero-order chi connectivity index (χ0) is 24.1. The van der Waals surface area contributed by atoms with Crippen molar-refractivity contribution < 1.29 is 9.53 Å². The SMILES string of the molecule is CCCn1c(=O)[nH]c(=O)c2c(C(=O)NCc3ccccc3COC(C)C)cc(C(C)C)nc21. The number of benzene rings is 1. The van der Waals surface area contributed by atoms with E-state index in [9.17, 15) is 14.4 Å². The number of hydrogen-bond donors (Lipinski definition) is 2. The molecule has 3 rings (SSSR count). The van der Waals surface area contributed by atoms with Crippen LogP contribution in [0.1, 0.15) is 74.1 Å². The van der Waals surface area contributed by atoms with Gasteiger partial charge in [0.1, 0.15) is 0 Å². The fourth-order valence-electron chi connectivity index (χ4n) is 3.60. The summed E-state index contributed by atoms with van der Waals surface area (Å²) in [5, 5.41) is 3.06. The molecule has 0 aliphatic heterocycles. The van der Waals surface area contributed by atoms with Crippen LogP contribution in [0.5, 0.6) is 0 Å². The minimum Gasteiger partial charge on any atom is -0.374 e. The van der Waals surface area contributed by atoms with Crippen LogP contribution < -0.4 is 16.6 Å². The highest BCUT2D eigenvalue weighted by atomic mass is 16.5. The highest BCUT2D eigenvalue weighted by Crippen LogP contribution is 2.20. The summed E-state index contributed by atoms with van der Waals surface area (Å²) in [6.07, 6.45) is 0.781. The predicted molar refractivity (Wildman–Crippen MR) is 129 cm³/mol. The number of nitrogens with one attached hydrogen (secondary N) is 2. The first-order chi connectivity index (χ1) is 15.7. The number of fused-ring (bicyclic) bond motifs is 1. The van der Waals surface area contributed by atoms with Crippen molar-refractivity contribution >= 4 is 16.9 Å². The number of aryl methyl sites for hydroxylation is 1. The molecule has 2 aromatic heterocycles. The highest BCUT2D eigenvalue weighted by Gasteiger charge is 2.20. The minimum absolute atomic E-state index is 0.0133. The largest absolute Gasteiger partial charge is 0.374 e. The molecular weight excluding hydrogens is 420 g/mol. The minimum atomic E-state index is -0.610. The average Bonchev–Trinajstić information content (AvgIpc) is 2.78. The third-order valence-corrected chi connectivity index (χ3v) is 5.38. The Labute approximate surface area is 193 Å². The fraction of sp³-hybridized carbons (Fsp3) is 0.440. The summed E-state index contributed by atoms with van der Waals surface area (Å²) < 4.78 is 7.15. The van der Waals surface area contributed by atoms with Gasteiger partial charge in [-0.25, -0.2) is 9.78 Å². The second kappa shape index (κ2) is 10.6. The van der Waals surface area contributed by atoms with E-state index in [-0.39, 0.29) is 35.2 Å². The Morgan fingerprint density at radius 2 is 1.85 bits per heavy atom. The van der Waals surface area contributed by atoms with Gasteiger partial charge in [0.15, 0.2) is 5.65 Å². The van der Waals surface area contributed by atoms with Crippen molar-refractivity contribution in [1.29, 1.82) is 0 Å². The predicted octanol–water partition coefficient (Wildman–Crippen LogP) is 3.47. The molecule has 0 aliphatic rings. The van der Waals surface area contributed by atoms with E-state index in [1.807, 2.05) is 58.9 Å². The van der Waals surface area contributed by atoms with E-state index in [1.165, 1.54) is 4.57 Å². The van der Waals surface area contributed by atoms with Gasteiger partial charge < -0.3 is 10.1 Å². The molecule has 0 spiro atoms. The van der Waals surface area contributed by atoms with Crippen molar-refractivity contribution in [3.8, 4) is 0 Å². The maximum atomic E-state index is 13.3. The second-order valence-corrected chi connectivity index (χ2v) is 8.67. The topological polar surface area (TPSA) is 106 Å². The molecule has 0 bridgehead atoms. The van der Waals surface area contributed by atoms with Crippen molar-refractivity contribution in [3.63, 3.8) is 0 Å². The van der Waals surface area contributed by atoms with Gasteiger partial charge in [-0.2, -0.15) is 0 Å². The lowest BCUT2D eigenvalue weighted by molar-refractivity contribution is 0.0651. The number of carbonyl (C=O) groups excluding carboxylic acids is 1. The van der Waals surface area contributed by atoms with Gasteiger partial charge in [0.25, 0.3) is 11.5 Å². The molecule has 0 unspecified atom stereocenters. The molecule has 3 aromatic rings. The summed E-state index contributed by atoms with van der Waals surface area (Å²) in [4.78, 5) is 45.3. The Morgan fingerprint density at radius 3 is 2.48 bits per heavy atom. The maximum Gasteiger partial charge on any atom is 0.329 e. The van der Waals surface area contributed by atoms with Crippen LogP contribution in [0.25, 0.3) is 11.0 Å². The lowest BCUT2D eigenvalue weighted by Gasteiger charge is -2.15. The van der Waals surface area contributed by atoms with Gasteiger partial charge in [-0.1, -0.05) is 45.0 Å². The number of rotatable bonds is 9. The average molecular weight is 453 g/mol. The van der Waals surface area contributed by atoms with Crippen LogP contribution in [-0.4, -0.2) is 26.5 Å². The van der Waals surface area contributed by atoms with Gasteiger partial charge >= 0.3 is 5.69 Å². The monoisotopic (exact) mass is 452 g/mol. The van der Waals surface area contributed by atoms with Crippen LogP contribution in [0.15, 0.2) is 39.9 Å². The standard InChI is InChI=1S/C25H32N4O4/c1-6-11-29-22-21(24(31)28-25(29)32)19(12-20(27-22)15(2)3)23(30)26-13-17-9-7-8-10-18(17)14-33-16(4)5/h7-10,12,15-16H,6,11,13-14H2,1-5H3,(H,26,30)(H,28,31,32). The summed E-state index contributed by atoms with van der Waals surface area (Å²) in [5.41, 5.74) is 1.90. The van der Waals surface area contributed by atoms with Crippen molar-refractivity contribution in [1.82, 2.24) is 19.9 Å². The lowest BCUT2D eigenvalue weighted by Crippen LogP contribution is -2.33.